The van der Waals surface area contributed by atoms with Crippen molar-refractivity contribution < 1.29 is 4.79 Å². The van der Waals surface area contributed by atoms with Crippen molar-refractivity contribution in [2.24, 2.45) is 5.73 Å². The van der Waals surface area contributed by atoms with E-state index in [9.17, 15) is 4.79 Å². The van der Waals surface area contributed by atoms with Crippen LogP contribution in [0.2, 0.25) is 0 Å². The van der Waals surface area contributed by atoms with Crippen molar-refractivity contribution in [3.8, 4) is 0 Å². The summed E-state index contributed by atoms with van der Waals surface area (Å²) in [4.78, 5) is 11.3. The molecule has 0 bridgehead atoms. The first-order valence-electron chi connectivity index (χ1n) is 4.55. The highest BCUT2D eigenvalue weighted by atomic mass is 16.2. The van der Waals surface area contributed by atoms with Crippen LogP contribution in [0, 0.1) is 0 Å². The Morgan fingerprint density at radius 3 is 2.64 bits per heavy atom. The van der Waals surface area contributed by atoms with Crippen molar-refractivity contribution in [2.75, 3.05) is 11.9 Å². The quantitative estimate of drug-likeness (QED) is 0.674. The Hall–Kier alpha value is -1.55. The van der Waals surface area contributed by atoms with Crippen LogP contribution in [0.15, 0.2) is 30.3 Å². The van der Waals surface area contributed by atoms with Crippen LogP contribution in [0.25, 0.3) is 0 Å². The first-order chi connectivity index (χ1) is 6.72. The van der Waals surface area contributed by atoms with Crippen LogP contribution in [0.5, 0.6) is 0 Å². The van der Waals surface area contributed by atoms with Gasteiger partial charge in [-0.2, -0.15) is 0 Å². The third-order valence-electron chi connectivity index (χ3n) is 1.76. The third kappa shape index (κ3) is 3.45. The number of benzene rings is 1. The van der Waals surface area contributed by atoms with E-state index in [4.69, 9.17) is 5.73 Å². The molecule has 1 atom stereocenters. The number of urea groups is 1. The second-order valence-electron chi connectivity index (χ2n) is 3.10. The number of para-hydroxylation sites is 1. The molecule has 4 nitrogen and oxygen atoms in total. The molecule has 2 amide bonds. The SMILES string of the molecule is C[C@H](CN)NC(=O)Nc1ccccc1. The number of hydrogen-bond donors (Lipinski definition) is 3. The van der Waals surface area contributed by atoms with Crippen LogP contribution in [0.1, 0.15) is 6.92 Å². The molecular formula is C10H15N3O. The Balaban J connectivity index is 2.42. The predicted molar refractivity (Wildman–Crippen MR) is 57.1 cm³/mol. The summed E-state index contributed by atoms with van der Waals surface area (Å²) in [5.41, 5.74) is 6.14. The summed E-state index contributed by atoms with van der Waals surface area (Å²) in [7, 11) is 0. The summed E-state index contributed by atoms with van der Waals surface area (Å²) < 4.78 is 0. The summed E-state index contributed by atoms with van der Waals surface area (Å²) in [6, 6.07) is 9.03. The predicted octanol–water partition coefficient (Wildman–Crippen LogP) is 1.16. The summed E-state index contributed by atoms with van der Waals surface area (Å²) in [5.74, 6) is 0. The Labute approximate surface area is 83.5 Å². The van der Waals surface area contributed by atoms with Gasteiger partial charge in [-0.25, -0.2) is 4.79 Å². The van der Waals surface area contributed by atoms with E-state index in [1.54, 1.807) is 0 Å². The maximum Gasteiger partial charge on any atom is 0.319 e. The van der Waals surface area contributed by atoms with Gasteiger partial charge in [0.25, 0.3) is 0 Å². The van der Waals surface area contributed by atoms with Gasteiger partial charge >= 0.3 is 6.03 Å². The van der Waals surface area contributed by atoms with E-state index in [1.807, 2.05) is 37.3 Å². The molecular weight excluding hydrogens is 178 g/mol. The molecule has 0 aliphatic carbocycles. The van der Waals surface area contributed by atoms with Gasteiger partial charge in [0.15, 0.2) is 0 Å². The van der Waals surface area contributed by atoms with E-state index >= 15 is 0 Å². The van der Waals surface area contributed by atoms with E-state index in [-0.39, 0.29) is 12.1 Å². The van der Waals surface area contributed by atoms with Crippen LogP contribution in [0.3, 0.4) is 0 Å². The van der Waals surface area contributed by atoms with Crippen molar-refractivity contribution in [2.45, 2.75) is 13.0 Å². The van der Waals surface area contributed by atoms with Crippen LogP contribution in [-0.2, 0) is 0 Å². The van der Waals surface area contributed by atoms with Gasteiger partial charge in [-0.05, 0) is 19.1 Å². The molecule has 1 rings (SSSR count). The van der Waals surface area contributed by atoms with Gasteiger partial charge in [0.2, 0.25) is 0 Å². The molecule has 0 spiro atoms. The molecule has 0 aliphatic rings. The number of nitrogens with one attached hydrogen (secondary N) is 2. The average Bonchev–Trinajstić information content (AvgIpc) is 2.19. The van der Waals surface area contributed by atoms with Crippen molar-refractivity contribution in [3.63, 3.8) is 0 Å². The summed E-state index contributed by atoms with van der Waals surface area (Å²) >= 11 is 0. The van der Waals surface area contributed by atoms with Gasteiger partial charge in [-0.1, -0.05) is 18.2 Å². The minimum absolute atomic E-state index is 0.0151. The molecule has 14 heavy (non-hydrogen) atoms. The van der Waals surface area contributed by atoms with Gasteiger partial charge in [0.1, 0.15) is 0 Å². The van der Waals surface area contributed by atoms with E-state index < -0.39 is 0 Å². The van der Waals surface area contributed by atoms with Crippen LogP contribution < -0.4 is 16.4 Å². The van der Waals surface area contributed by atoms with Crippen molar-refractivity contribution in [1.82, 2.24) is 5.32 Å². The molecule has 0 fully saturated rings. The summed E-state index contributed by atoms with van der Waals surface area (Å²) in [6.45, 7) is 2.28. The lowest BCUT2D eigenvalue weighted by molar-refractivity contribution is 0.249. The topological polar surface area (TPSA) is 67.1 Å². The van der Waals surface area contributed by atoms with Crippen LogP contribution >= 0.6 is 0 Å². The first kappa shape index (κ1) is 10.5. The minimum Gasteiger partial charge on any atom is -0.334 e. The fourth-order valence-corrected chi connectivity index (χ4v) is 0.971. The lowest BCUT2D eigenvalue weighted by Crippen LogP contribution is -2.40. The van der Waals surface area contributed by atoms with E-state index in [0.29, 0.717) is 6.54 Å². The highest BCUT2D eigenvalue weighted by Gasteiger charge is 2.04. The Morgan fingerprint density at radius 2 is 2.07 bits per heavy atom. The molecule has 76 valence electrons. The maximum absolute atomic E-state index is 11.3. The van der Waals surface area contributed by atoms with Crippen LogP contribution in [0.4, 0.5) is 10.5 Å². The smallest absolute Gasteiger partial charge is 0.319 e. The highest BCUT2D eigenvalue weighted by molar-refractivity contribution is 5.89. The van der Waals surface area contributed by atoms with Crippen molar-refractivity contribution >= 4 is 11.7 Å². The molecule has 4 heteroatoms. The number of anilines is 1. The van der Waals surface area contributed by atoms with E-state index in [1.165, 1.54) is 0 Å². The van der Waals surface area contributed by atoms with Gasteiger partial charge in [0, 0.05) is 18.3 Å². The number of rotatable bonds is 3. The van der Waals surface area contributed by atoms with Crippen molar-refractivity contribution in [3.05, 3.63) is 30.3 Å². The molecule has 0 aromatic heterocycles. The van der Waals surface area contributed by atoms with E-state index in [2.05, 4.69) is 10.6 Å². The molecule has 0 unspecified atom stereocenters. The van der Waals surface area contributed by atoms with Crippen molar-refractivity contribution in [1.29, 1.82) is 0 Å². The van der Waals surface area contributed by atoms with E-state index in [0.717, 1.165) is 5.69 Å². The number of amides is 2. The molecule has 4 N–H and O–H groups in total. The van der Waals surface area contributed by atoms with Gasteiger partial charge in [-0.15, -0.1) is 0 Å². The third-order valence-corrected chi connectivity index (χ3v) is 1.76. The zero-order valence-electron chi connectivity index (χ0n) is 8.16. The fourth-order valence-electron chi connectivity index (χ4n) is 0.971. The van der Waals surface area contributed by atoms with Crippen LogP contribution in [-0.4, -0.2) is 18.6 Å². The maximum atomic E-state index is 11.3. The monoisotopic (exact) mass is 193 g/mol. The Morgan fingerprint density at radius 1 is 1.43 bits per heavy atom. The Kier molecular flexibility index (Phi) is 3.94. The molecule has 1 aromatic rings. The number of carbonyl (C=O) groups excluding carboxylic acids is 1. The summed E-state index contributed by atoms with van der Waals surface area (Å²) in [5, 5.41) is 5.40. The number of carbonyl (C=O) groups is 1. The zero-order chi connectivity index (χ0) is 10.4. The normalized spacial score (nSPS) is 11.9. The lowest BCUT2D eigenvalue weighted by Gasteiger charge is -2.12. The minimum atomic E-state index is -0.228. The molecule has 0 heterocycles. The average molecular weight is 193 g/mol. The second-order valence-corrected chi connectivity index (χ2v) is 3.10. The highest BCUT2D eigenvalue weighted by Crippen LogP contribution is 2.04. The largest absolute Gasteiger partial charge is 0.334 e. The molecule has 0 radical (unpaired) electrons. The fraction of sp³-hybridized carbons (Fsp3) is 0.300. The molecule has 0 saturated carbocycles. The van der Waals surface area contributed by atoms with Gasteiger partial charge < -0.3 is 16.4 Å². The molecule has 0 saturated heterocycles. The zero-order valence-corrected chi connectivity index (χ0v) is 8.16. The van der Waals surface area contributed by atoms with Gasteiger partial charge in [0.05, 0.1) is 0 Å². The standard InChI is InChI=1S/C10H15N3O/c1-8(7-11)12-10(14)13-9-5-3-2-4-6-9/h2-6,8H,7,11H2,1H3,(H2,12,13,14)/t8-/m1/s1. The number of nitrogens with two attached hydrogens (primary N) is 1. The first-order valence-corrected chi connectivity index (χ1v) is 4.55. The Bertz CT molecular complexity index is 287. The van der Waals surface area contributed by atoms with Gasteiger partial charge in [-0.3, -0.25) is 0 Å². The number of hydrogen-bond acceptors (Lipinski definition) is 2. The summed E-state index contributed by atoms with van der Waals surface area (Å²) in [6.07, 6.45) is 0. The molecule has 0 aliphatic heterocycles. The molecule has 1 aromatic carbocycles. The second kappa shape index (κ2) is 5.24. The lowest BCUT2D eigenvalue weighted by atomic mass is 10.3.